The number of halogens is 3. The van der Waals surface area contributed by atoms with Crippen molar-refractivity contribution in [2.75, 3.05) is 18.0 Å². The third kappa shape index (κ3) is 5.51. The van der Waals surface area contributed by atoms with E-state index in [2.05, 4.69) is 33.1 Å². The lowest BCUT2D eigenvalue weighted by molar-refractivity contribution is 0.0753. The Labute approximate surface area is 239 Å². The van der Waals surface area contributed by atoms with Crippen molar-refractivity contribution in [3.63, 3.8) is 0 Å². The summed E-state index contributed by atoms with van der Waals surface area (Å²) in [6.45, 7) is 2.59. The van der Waals surface area contributed by atoms with Crippen molar-refractivity contribution in [2.24, 2.45) is 0 Å². The van der Waals surface area contributed by atoms with Crippen LogP contribution in [0.1, 0.15) is 21.6 Å². The number of nitrogens with one attached hydrogen (secondary N) is 1. The molecule has 4 aromatic carbocycles. The maximum absolute atomic E-state index is 13.9. The molecular formula is C30H27Cl3N4O. The van der Waals surface area contributed by atoms with E-state index in [-0.39, 0.29) is 30.7 Å². The fraction of sp³-hybridized carbons (Fsp3) is 0.133. The van der Waals surface area contributed by atoms with E-state index in [0.717, 1.165) is 51.0 Å². The predicted octanol–water partition coefficient (Wildman–Crippen LogP) is 7.39. The van der Waals surface area contributed by atoms with Crippen molar-refractivity contribution >= 4 is 58.8 Å². The zero-order valence-electron chi connectivity index (χ0n) is 20.5. The highest BCUT2D eigenvalue weighted by Gasteiger charge is 2.25. The highest BCUT2D eigenvalue weighted by atomic mass is 35.5. The van der Waals surface area contributed by atoms with E-state index in [9.17, 15) is 4.79 Å². The van der Waals surface area contributed by atoms with E-state index in [1.165, 1.54) is 0 Å². The van der Waals surface area contributed by atoms with Crippen LogP contribution in [0.25, 0.3) is 21.9 Å². The van der Waals surface area contributed by atoms with Crippen LogP contribution in [0.4, 0.5) is 5.69 Å². The lowest BCUT2D eigenvalue weighted by Crippen LogP contribution is -2.35. The zero-order chi connectivity index (χ0) is 24.5. The molecule has 1 amide bonds. The standard InChI is InChI=1S/C30H25ClN4O.2ClH/c31-25-11-8-21(9-12-25)23-10-13-29-24(16-23)18-35(15-14-34(29)19-26-17-32-20-33-26)30(36)28-7-3-5-22-4-1-2-6-27(22)28;;/h1-13,16-17,20H,14-15,18-19H2,(H,32,33);2*1H. The van der Waals surface area contributed by atoms with E-state index >= 15 is 0 Å². The predicted molar refractivity (Wildman–Crippen MR) is 160 cm³/mol. The molecule has 0 bridgehead atoms. The van der Waals surface area contributed by atoms with Crippen molar-refractivity contribution in [2.45, 2.75) is 13.1 Å². The summed E-state index contributed by atoms with van der Waals surface area (Å²) in [4.78, 5) is 25.6. The first-order valence-corrected chi connectivity index (χ1v) is 12.4. The van der Waals surface area contributed by atoms with Gasteiger partial charge >= 0.3 is 0 Å². The van der Waals surface area contributed by atoms with Gasteiger partial charge < -0.3 is 14.8 Å². The highest BCUT2D eigenvalue weighted by Crippen LogP contribution is 2.32. The van der Waals surface area contributed by atoms with Crippen LogP contribution >= 0.6 is 36.4 Å². The molecule has 1 aromatic heterocycles. The number of carbonyl (C=O) groups excluding carboxylic acids is 1. The molecule has 0 aliphatic carbocycles. The Morgan fingerprint density at radius 2 is 1.66 bits per heavy atom. The maximum atomic E-state index is 13.9. The Morgan fingerprint density at radius 3 is 2.45 bits per heavy atom. The summed E-state index contributed by atoms with van der Waals surface area (Å²) >= 11 is 6.12. The van der Waals surface area contributed by atoms with Gasteiger partial charge in [-0.15, -0.1) is 24.8 Å². The normalized spacial score (nSPS) is 12.8. The molecular weight excluding hydrogens is 539 g/mol. The number of carbonyl (C=O) groups is 1. The second-order valence-electron chi connectivity index (χ2n) is 9.10. The summed E-state index contributed by atoms with van der Waals surface area (Å²) in [6.07, 6.45) is 3.56. The fourth-order valence-electron chi connectivity index (χ4n) is 4.99. The van der Waals surface area contributed by atoms with Crippen LogP contribution in [-0.4, -0.2) is 33.9 Å². The first-order chi connectivity index (χ1) is 17.7. The summed E-state index contributed by atoms with van der Waals surface area (Å²) < 4.78 is 0. The number of aromatic amines is 1. The minimum atomic E-state index is 0. The first kappa shape index (κ1) is 27.5. The molecule has 6 rings (SSSR count). The van der Waals surface area contributed by atoms with Gasteiger partial charge in [-0.05, 0) is 57.8 Å². The Kier molecular flexibility index (Phi) is 8.62. The molecule has 0 unspecified atom stereocenters. The number of amides is 1. The summed E-state index contributed by atoms with van der Waals surface area (Å²) in [7, 11) is 0. The molecule has 0 atom stereocenters. The van der Waals surface area contributed by atoms with Crippen LogP contribution in [0.2, 0.25) is 5.02 Å². The Balaban J connectivity index is 0.00000168. The third-order valence-electron chi connectivity index (χ3n) is 6.82. The fourth-order valence-corrected chi connectivity index (χ4v) is 5.11. The molecule has 0 saturated heterocycles. The van der Waals surface area contributed by atoms with E-state index in [4.69, 9.17) is 11.6 Å². The number of imidazole rings is 1. The first-order valence-electron chi connectivity index (χ1n) is 12.0. The molecule has 5 aromatic rings. The monoisotopic (exact) mass is 564 g/mol. The molecule has 194 valence electrons. The summed E-state index contributed by atoms with van der Waals surface area (Å²) in [5, 5.41) is 2.77. The molecule has 0 radical (unpaired) electrons. The maximum Gasteiger partial charge on any atom is 0.254 e. The van der Waals surface area contributed by atoms with Gasteiger partial charge in [-0.3, -0.25) is 4.79 Å². The molecule has 1 aliphatic rings. The molecule has 38 heavy (non-hydrogen) atoms. The number of benzene rings is 4. The SMILES string of the molecule is Cl.Cl.O=C(c1cccc2ccccc12)N1CCN(Cc2cnc[nH]2)c2ccc(-c3ccc(Cl)cc3)cc2C1. The second kappa shape index (κ2) is 11.9. The molecule has 1 aliphatic heterocycles. The molecule has 0 saturated carbocycles. The van der Waals surface area contributed by atoms with Gasteiger partial charge in [0.05, 0.1) is 18.6 Å². The van der Waals surface area contributed by atoms with E-state index in [1.807, 2.05) is 77.8 Å². The van der Waals surface area contributed by atoms with Crippen LogP contribution in [0.3, 0.4) is 0 Å². The number of nitrogens with zero attached hydrogens (tertiary/aromatic N) is 3. The van der Waals surface area contributed by atoms with Gasteiger partial charge in [0.2, 0.25) is 0 Å². The number of anilines is 1. The van der Waals surface area contributed by atoms with Gasteiger partial charge in [0.1, 0.15) is 0 Å². The summed E-state index contributed by atoms with van der Waals surface area (Å²) in [5.74, 6) is 0.0537. The number of hydrogen-bond acceptors (Lipinski definition) is 3. The van der Waals surface area contributed by atoms with Crippen LogP contribution in [-0.2, 0) is 13.1 Å². The van der Waals surface area contributed by atoms with Crippen LogP contribution in [0, 0.1) is 0 Å². The minimum Gasteiger partial charge on any atom is -0.364 e. The molecule has 5 nitrogen and oxygen atoms in total. The molecule has 1 N–H and O–H groups in total. The smallest absolute Gasteiger partial charge is 0.254 e. The van der Waals surface area contributed by atoms with Crippen molar-refractivity contribution in [1.82, 2.24) is 14.9 Å². The molecule has 8 heteroatoms. The van der Waals surface area contributed by atoms with Gasteiger partial charge in [0, 0.05) is 42.1 Å². The number of aromatic nitrogens is 2. The minimum absolute atomic E-state index is 0. The van der Waals surface area contributed by atoms with Gasteiger partial charge in [0.25, 0.3) is 5.91 Å². The molecule has 0 spiro atoms. The van der Waals surface area contributed by atoms with E-state index in [0.29, 0.717) is 24.7 Å². The zero-order valence-corrected chi connectivity index (χ0v) is 22.9. The van der Waals surface area contributed by atoms with Crippen molar-refractivity contribution < 1.29 is 4.79 Å². The summed E-state index contributed by atoms with van der Waals surface area (Å²) in [5.41, 5.74) is 6.23. The topological polar surface area (TPSA) is 52.2 Å². The van der Waals surface area contributed by atoms with Gasteiger partial charge in [0.15, 0.2) is 0 Å². The highest BCUT2D eigenvalue weighted by molar-refractivity contribution is 6.30. The molecule has 0 fully saturated rings. The number of fused-ring (bicyclic) bond motifs is 2. The number of rotatable bonds is 4. The van der Waals surface area contributed by atoms with Crippen LogP contribution in [0.15, 0.2) is 97.5 Å². The van der Waals surface area contributed by atoms with Crippen LogP contribution in [0.5, 0.6) is 0 Å². The second-order valence-corrected chi connectivity index (χ2v) is 9.54. The largest absolute Gasteiger partial charge is 0.364 e. The number of H-pyrrole nitrogens is 1. The van der Waals surface area contributed by atoms with Crippen molar-refractivity contribution in [3.8, 4) is 11.1 Å². The third-order valence-corrected chi connectivity index (χ3v) is 7.07. The Bertz CT molecular complexity index is 1530. The number of hydrogen-bond donors (Lipinski definition) is 1. The lowest BCUT2D eigenvalue weighted by atomic mass is 10.0. The van der Waals surface area contributed by atoms with Crippen molar-refractivity contribution in [1.29, 1.82) is 0 Å². The Hall–Kier alpha value is -3.51. The van der Waals surface area contributed by atoms with Gasteiger partial charge in [-0.25, -0.2) is 4.98 Å². The van der Waals surface area contributed by atoms with Gasteiger partial charge in [-0.1, -0.05) is 66.2 Å². The van der Waals surface area contributed by atoms with Gasteiger partial charge in [-0.2, -0.15) is 0 Å². The van der Waals surface area contributed by atoms with Crippen molar-refractivity contribution in [3.05, 3.63) is 119 Å². The average Bonchev–Trinajstić information content (AvgIpc) is 3.36. The quantitative estimate of drug-likeness (QED) is 0.247. The summed E-state index contributed by atoms with van der Waals surface area (Å²) in [6, 6.07) is 28.4. The average molecular weight is 566 g/mol. The molecule has 2 heterocycles. The van der Waals surface area contributed by atoms with E-state index < -0.39 is 0 Å². The Morgan fingerprint density at radius 1 is 0.895 bits per heavy atom. The van der Waals surface area contributed by atoms with E-state index in [1.54, 1.807) is 6.33 Å². The van der Waals surface area contributed by atoms with Crippen LogP contribution < -0.4 is 4.90 Å². The lowest BCUT2D eigenvalue weighted by Gasteiger charge is -2.24.